The van der Waals surface area contributed by atoms with E-state index < -0.39 is 0 Å². The molecule has 0 atom stereocenters. The molecule has 1 aromatic rings. The molecular formula is C13H21ClN4O2. The highest BCUT2D eigenvalue weighted by Crippen LogP contribution is 2.26. The van der Waals surface area contributed by atoms with Gasteiger partial charge in [-0.3, -0.25) is 4.79 Å². The SMILES string of the molecule is COCCn1ncc(NC2(C)CCNCC2)c(Cl)c1=O. The lowest BCUT2D eigenvalue weighted by atomic mass is 9.90. The van der Waals surface area contributed by atoms with Crippen LogP contribution < -0.4 is 16.2 Å². The van der Waals surface area contributed by atoms with Gasteiger partial charge in [0, 0.05) is 12.6 Å². The van der Waals surface area contributed by atoms with Gasteiger partial charge in [0.15, 0.2) is 0 Å². The maximum absolute atomic E-state index is 12.1. The molecule has 0 amide bonds. The molecule has 0 bridgehead atoms. The number of rotatable bonds is 5. The molecule has 2 heterocycles. The highest BCUT2D eigenvalue weighted by Gasteiger charge is 2.27. The molecule has 0 spiro atoms. The zero-order valence-electron chi connectivity index (χ0n) is 11.9. The number of anilines is 1. The zero-order chi connectivity index (χ0) is 14.6. The van der Waals surface area contributed by atoms with E-state index in [1.807, 2.05) is 0 Å². The summed E-state index contributed by atoms with van der Waals surface area (Å²) in [4.78, 5) is 12.1. The molecule has 1 aromatic heterocycles. The molecule has 1 aliphatic heterocycles. The lowest BCUT2D eigenvalue weighted by Gasteiger charge is -2.36. The van der Waals surface area contributed by atoms with Crippen LogP contribution in [0.25, 0.3) is 0 Å². The molecule has 20 heavy (non-hydrogen) atoms. The predicted octanol–water partition coefficient (Wildman–Crippen LogP) is 1.10. The van der Waals surface area contributed by atoms with Crippen molar-refractivity contribution in [3.8, 4) is 0 Å². The number of nitrogens with zero attached hydrogens (tertiary/aromatic N) is 2. The van der Waals surface area contributed by atoms with Crippen LogP contribution in [0.4, 0.5) is 5.69 Å². The number of halogens is 1. The van der Waals surface area contributed by atoms with Crippen molar-refractivity contribution in [3.63, 3.8) is 0 Å². The Bertz CT molecular complexity index is 512. The van der Waals surface area contributed by atoms with Gasteiger partial charge in [-0.15, -0.1) is 0 Å². The van der Waals surface area contributed by atoms with Crippen molar-refractivity contribution in [3.05, 3.63) is 21.6 Å². The first-order valence-corrected chi connectivity index (χ1v) is 7.17. The number of piperidine rings is 1. The first-order valence-electron chi connectivity index (χ1n) is 6.79. The molecule has 7 heteroatoms. The van der Waals surface area contributed by atoms with E-state index in [0.717, 1.165) is 25.9 Å². The standard InChI is InChI=1S/C13H21ClN4O2/c1-13(3-5-15-6-4-13)17-10-9-16-18(7-8-20-2)12(19)11(10)14/h9,15,17H,3-8H2,1-2H3. The summed E-state index contributed by atoms with van der Waals surface area (Å²) in [6.07, 6.45) is 3.58. The maximum atomic E-state index is 12.1. The second-order valence-corrected chi connectivity index (χ2v) is 5.71. The van der Waals surface area contributed by atoms with Gasteiger partial charge in [-0.1, -0.05) is 11.6 Å². The topological polar surface area (TPSA) is 68.2 Å². The van der Waals surface area contributed by atoms with E-state index in [-0.39, 0.29) is 16.1 Å². The Labute approximate surface area is 123 Å². The normalized spacial score (nSPS) is 17.9. The van der Waals surface area contributed by atoms with Crippen molar-refractivity contribution in [1.82, 2.24) is 15.1 Å². The third-order valence-corrected chi connectivity index (χ3v) is 4.00. The predicted molar refractivity (Wildman–Crippen MR) is 79.5 cm³/mol. The number of hydrogen-bond acceptors (Lipinski definition) is 5. The minimum atomic E-state index is -0.286. The second-order valence-electron chi connectivity index (χ2n) is 5.33. The molecule has 0 saturated carbocycles. The molecule has 0 radical (unpaired) electrons. The molecule has 2 N–H and O–H groups in total. The fourth-order valence-corrected chi connectivity index (χ4v) is 2.51. The second kappa shape index (κ2) is 6.56. The third-order valence-electron chi connectivity index (χ3n) is 3.64. The van der Waals surface area contributed by atoms with Gasteiger partial charge >= 0.3 is 0 Å². The molecular weight excluding hydrogens is 280 g/mol. The van der Waals surface area contributed by atoms with E-state index in [9.17, 15) is 4.79 Å². The molecule has 0 aromatic carbocycles. The summed E-state index contributed by atoms with van der Waals surface area (Å²) in [7, 11) is 1.58. The van der Waals surface area contributed by atoms with Crippen LogP contribution in [0.1, 0.15) is 19.8 Å². The number of ether oxygens (including phenoxy) is 1. The van der Waals surface area contributed by atoms with Gasteiger partial charge in [0.25, 0.3) is 5.56 Å². The smallest absolute Gasteiger partial charge is 0.287 e. The number of hydrogen-bond donors (Lipinski definition) is 2. The van der Waals surface area contributed by atoms with Crippen LogP contribution in [0.2, 0.25) is 5.02 Å². The van der Waals surface area contributed by atoms with Crippen molar-refractivity contribution >= 4 is 17.3 Å². The van der Waals surface area contributed by atoms with Gasteiger partial charge in [0.2, 0.25) is 0 Å². The van der Waals surface area contributed by atoms with Crippen LogP contribution in [-0.2, 0) is 11.3 Å². The number of methoxy groups -OCH3 is 1. The Balaban J connectivity index is 2.16. The van der Waals surface area contributed by atoms with Crippen molar-refractivity contribution in [2.24, 2.45) is 0 Å². The highest BCUT2D eigenvalue weighted by molar-refractivity contribution is 6.32. The van der Waals surface area contributed by atoms with E-state index in [2.05, 4.69) is 22.7 Å². The zero-order valence-corrected chi connectivity index (χ0v) is 12.7. The van der Waals surface area contributed by atoms with Gasteiger partial charge in [0.05, 0.1) is 25.0 Å². The van der Waals surface area contributed by atoms with Crippen molar-refractivity contribution in [2.45, 2.75) is 31.8 Å². The summed E-state index contributed by atoms with van der Waals surface area (Å²) in [5.74, 6) is 0. The summed E-state index contributed by atoms with van der Waals surface area (Å²) in [6, 6.07) is 0. The fraction of sp³-hybridized carbons (Fsp3) is 0.692. The molecule has 112 valence electrons. The van der Waals surface area contributed by atoms with Gasteiger partial charge in [-0.2, -0.15) is 5.10 Å². The lowest BCUT2D eigenvalue weighted by Crippen LogP contribution is -2.45. The minimum absolute atomic E-state index is 0.0538. The van der Waals surface area contributed by atoms with Gasteiger partial charge in [-0.25, -0.2) is 4.68 Å². The van der Waals surface area contributed by atoms with Crippen LogP contribution >= 0.6 is 11.6 Å². The Hall–Kier alpha value is -1.11. The first kappa shape index (κ1) is 15.3. The summed E-state index contributed by atoms with van der Waals surface area (Å²) in [6.45, 7) is 4.88. The average Bonchev–Trinajstić information content (AvgIpc) is 2.44. The first-order chi connectivity index (χ1) is 9.56. The van der Waals surface area contributed by atoms with Crippen LogP contribution in [0.3, 0.4) is 0 Å². The maximum Gasteiger partial charge on any atom is 0.287 e. The highest BCUT2D eigenvalue weighted by atomic mass is 35.5. The Kier molecular flexibility index (Phi) is 5.01. The van der Waals surface area contributed by atoms with E-state index in [0.29, 0.717) is 18.8 Å². The summed E-state index contributed by atoms with van der Waals surface area (Å²) >= 11 is 6.17. The van der Waals surface area contributed by atoms with Crippen molar-refractivity contribution < 1.29 is 4.74 Å². The Morgan fingerprint density at radius 1 is 1.55 bits per heavy atom. The molecule has 0 aliphatic carbocycles. The minimum Gasteiger partial charge on any atom is -0.383 e. The average molecular weight is 301 g/mol. The molecule has 2 rings (SSSR count). The molecule has 6 nitrogen and oxygen atoms in total. The van der Waals surface area contributed by atoms with E-state index in [4.69, 9.17) is 16.3 Å². The van der Waals surface area contributed by atoms with Crippen LogP contribution in [0.15, 0.2) is 11.0 Å². The van der Waals surface area contributed by atoms with Crippen LogP contribution in [-0.4, -0.2) is 42.1 Å². The molecule has 0 unspecified atom stereocenters. The summed E-state index contributed by atoms with van der Waals surface area (Å²) < 4.78 is 6.26. The number of aromatic nitrogens is 2. The van der Waals surface area contributed by atoms with Crippen molar-refractivity contribution in [2.75, 3.05) is 32.1 Å². The van der Waals surface area contributed by atoms with Crippen LogP contribution in [0, 0.1) is 0 Å². The van der Waals surface area contributed by atoms with Gasteiger partial charge in [0.1, 0.15) is 5.02 Å². The van der Waals surface area contributed by atoms with Crippen LogP contribution in [0.5, 0.6) is 0 Å². The van der Waals surface area contributed by atoms with Crippen molar-refractivity contribution in [1.29, 1.82) is 0 Å². The summed E-state index contributed by atoms with van der Waals surface area (Å²) in [5.41, 5.74) is 0.267. The molecule has 1 aliphatic rings. The monoisotopic (exact) mass is 300 g/mol. The largest absolute Gasteiger partial charge is 0.383 e. The van der Waals surface area contributed by atoms with E-state index >= 15 is 0 Å². The lowest BCUT2D eigenvalue weighted by molar-refractivity contribution is 0.182. The van der Waals surface area contributed by atoms with E-state index in [1.165, 1.54) is 4.68 Å². The Morgan fingerprint density at radius 3 is 2.90 bits per heavy atom. The van der Waals surface area contributed by atoms with Gasteiger partial charge in [-0.05, 0) is 32.9 Å². The van der Waals surface area contributed by atoms with Gasteiger partial charge < -0.3 is 15.4 Å². The number of nitrogens with one attached hydrogen (secondary N) is 2. The molecule has 1 saturated heterocycles. The van der Waals surface area contributed by atoms with E-state index in [1.54, 1.807) is 13.3 Å². The Morgan fingerprint density at radius 2 is 2.25 bits per heavy atom. The summed E-state index contributed by atoms with van der Waals surface area (Å²) in [5, 5.41) is 11.0. The molecule has 1 fully saturated rings. The quantitative estimate of drug-likeness (QED) is 0.852. The fourth-order valence-electron chi connectivity index (χ4n) is 2.32. The third kappa shape index (κ3) is 3.50.